The summed E-state index contributed by atoms with van der Waals surface area (Å²) in [5.41, 5.74) is 0. The first-order chi connectivity index (χ1) is 20.8. The van der Waals surface area contributed by atoms with Crippen molar-refractivity contribution in [2.75, 3.05) is 122 Å². The molecule has 0 spiro atoms. The molecule has 1 aromatic heterocycles. The summed E-state index contributed by atoms with van der Waals surface area (Å²) in [7, 11) is 0. The van der Waals surface area contributed by atoms with Crippen LogP contribution < -0.4 is 9.62 Å². The number of hydrogen-bond acceptors (Lipinski definition) is 14. The first-order valence-corrected chi connectivity index (χ1v) is 15.6. The first-order valence-electron chi connectivity index (χ1n) is 13.8. The number of aromatic nitrogens is 1. The second-order valence-corrected chi connectivity index (χ2v) is 10.5. The van der Waals surface area contributed by atoms with Crippen LogP contribution in [0.4, 0.5) is 10.9 Å². The van der Waals surface area contributed by atoms with Crippen LogP contribution in [0.2, 0.25) is 0 Å². The molecule has 0 aliphatic carbocycles. The summed E-state index contributed by atoms with van der Waals surface area (Å²) in [6.07, 6.45) is -0.0156. The number of carboxylic acids is 1. The van der Waals surface area contributed by atoms with E-state index in [1.165, 1.54) is 18.3 Å². The van der Waals surface area contributed by atoms with Crippen LogP contribution in [-0.2, 0) is 58.8 Å². The van der Waals surface area contributed by atoms with Crippen molar-refractivity contribution in [1.29, 1.82) is 0 Å². The van der Waals surface area contributed by atoms with Crippen LogP contribution in [-0.4, -0.2) is 143 Å². The monoisotopic (exact) mass is 658 g/mol. The molecule has 0 bridgehead atoms. The van der Waals surface area contributed by atoms with E-state index in [1.807, 2.05) is 0 Å². The van der Waals surface area contributed by atoms with E-state index in [0.29, 0.717) is 103 Å². The molecule has 0 saturated carbocycles. The van der Waals surface area contributed by atoms with Crippen LogP contribution in [0, 0.1) is 6.92 Å². The molecule has 1 amide bonds. The lowest BCUT2D eigenvalue weighted by molar-refractivity contribution is -0.138. The van der Waals surface area contributed by atoms with E-state index >= 15 is 0 Å². The van der Waals surface area contributed by atoms with Crippen molar-refractivity contribution in [2.24, 2.45) is 0 Å². The Hall–Kier alpha value is -1.84. The van der Waals surface area contributed by atoms with Crippen molar-refractivity contribution >= 4 is 45.4 Å². The molecule has 43 heavy (non-hydrogen) atoms. The van der Waals surface area contributed by atoms with Crippen molar-refractivity contribution in [3.63, 3.8) is 0 Å². The molecule has 250 valence electrons. The molecule has 1 heterocycles. The van der Waals surface area contributed by atoms with E-state index in [4.69, 9.17) is 43.0 Å². The van der Waals surface area contributed by atoms with Crippen molar-refractivity contribution in [1.82, 2.24) is 4.98 Å². The van der Waals surface area contributed by atoms with Crippen LogP contribution in [0.3, 0.4) is 0 Å². The zero-order valence-electron chi connectivity index (χ0n) is 24.8. The quantitative estimate of drug-likeness (QED) is 0.0862. The Morgan fingerprint density at radius 2 is 1.14 bits per heavy atom. The van der Waals surface area contributed by atoms with Gasteiger partial charge in [0.05, 0.1) is 119 Å². The molecule has 18 heteroatoms. The SMILES string of the molecule is CC(=O)Nc1nc(N(CCOCCOCCOCCOCCOCCOCCOCCOCCC(=O)O)S(=O)[O-])c(C)s1. The van der Waals surface area contributed by atoms with Gasteiger partial charge in [-0.25, -0.2) is 4.98 Å². The number of nitrogens with one attached hydrogen (secondary N) is 1. The second-order valence-electron chi connectivity index (χ2n) is 8.44. The third kappa shape index (κ3) is 22.3. The summed E-state index contributed by atoms with van der Waals surface area (Å²) in [5.74, 6) is -0.909. The van der Waals surface area contributed by atoms with E-state index in [0.717, 1.165) is 4.31 Å². The molecular weight excluding hydrogens is 614 g/mol. The maximum atomic E-state index is 11.6. The van der Waals surface area contributed by atoms with E-state index < -0.39 is 17.2 Å². The first kappa shape index (κ1) is 39.2. The van der Waals surface area contributed by atoms with E-state index in [2.05, 4.69) is 10.3 Å². The number of aryl methyl sites for hydroxylation is 1. The lowest BCUT2D eigenvalue weighted by Gasteiger charge is -2.24. The van der Waals surface area contributed by atoms with Gasteiger partial charge in [-0.15, -0.1) is 0 Å². The highest BCUT2D eigenvalue weighted by Crippen LogP contribution is 2.29. The molecule has 0 saturated heterocycles. The molecule has 0 aromatic carbocycles. The fourth-order valence-electron chi connectivity index (χ4n) is 3.02. The van der Waals surface area contributed by atoms with Gasteiger partial charge < -0.3 is 52.9 Å². The second kappa shape index (κ2) is 26.6. The molecule has 0 aliphatic heterocycles. The number of aliphatic carboxylic acids is 1. The number of ether oxygens (including phenoxy) is 8. The largest absolute Gasteiger partial charge is 0.755 e. The minimum Gasteiger partial charge on any atom is -0.755 e. The fourth-order valence-corrected chi connectivity index (χ4v) is 4.49. The predicted molar refractivity (Wildman–Crippen MR) is 156 cm³/mol. The lowest BCUT2D eigenvalue weighted by atomic mass is 10.5. The summed E-state index contributed by atoms with van der Waals surface area (Å²) in [4.78, 5) is 26.4. The number of carbonyl (C=O) groups excluding carboxylic acids is 1. The molecular formula is C25H44N3O13S2-. The average Bonchev–Trinajstić information content (AvgIpc) is 3.30. The van der Waals surface area contributed by atoms with Gasteiger partial charge in [-0.3, -0.25) is 18.1 Å². The molecule has 2 N–H and O–H groups in total. The molecule has 0 radical (unpaired) electrons. The van der Waals surface area contributed by atoms with Crippen LogP contribution in [0.1, 0.15) is 18.2 Å². The molecule has 1 aromatic rings. The minimum atomic E-state index is -2.54. The Labute approximate surface area is 258 Å². The summed E-state index contributed by atoms with van der Waals surface area (Å²) in [6, 6.07) is 0. The topological polar surface area (TPSA) is 197 Å². The Morgan fingerprint density at radius 1 is 0.767 bits per heavy atom. The van der Waals surface area contributed by atoms with Gasteiger partial charge >= 0.3 is 5.97 Å². The maximum Gasteiger partial charge on any atom is 0.305 e. The Balaban J connectivity index is 1.84. The normalized spacial score (nSPS) is 12.0. The molecule has 1 unspecified atom stereocenters. The smallest absolute Gasteiger partial charge is 0.305 e. The maximum absolute atomic E-state index is 11.6. The highest BCUT2D eigenvalue weighted by molar-refractivity contribution is 7.80. The van der Waals surface area contributed by atoms with Crippen LogP contribution in [0.15, 0.2) is 0 Å². The third-order valence-corrected chi connectivity index (χ3v) is 6.57. The molecule has 1 atom stereocenters. The number of nitrogens with zero attached hydrogens (tertiary/aromatic N) is 2. The summed E-state index contributed by atoms with van der Waals surface area (Å²) >= 11 is -1.34. The summed E-state index contributed by atoms with van der Waals surface area (Å²) in [5, 5.41) is 11.4. The standard InChI is InChI=1S/C25H45N3O13S2/c1-21-24(27-25(42-21)26-22(2)29)28(43(32)33)4-6-35-8-10-37-12-14-39-16-18-41-20-19-40-17-15-38-13-11-36-9-7-34-5-3-23(30)31/h3-20H2,1-2H3,(H,30,31)(H,32,33)(H,26,27,29)/p-1. The molecule has 16 nitrogen and oxygen atoms in total. The number of carbonyl (C=O) groups is 2. The van der Waals surface area contributed by atoms with Gasteiger partial charge in [0.2, 0.25) is 5.91 Å². The van der Waals surface area contributed by atoms with E-state index in [1.54, 1.807) is 6.92 Å². The Morgan fingerprint density at radius 3 is 1.49 bits per heavy atom. The Bertz CT molecular complexity index is 895. The zero-order chi connectivity index (χ0) is 31.5. The summed E-state index contributed by atoms with van der Waals surface area (Å²) in [6.45, 7) is 9.15. The van der Waals surface area contributed by atoms with Gasteiger partial charge in [-0.1, -0.05) is 11.3 Å². The molecule has 0 aliphatic rings. The number of anilines is 2. The Kier molecular flexibility index (Phi) is 24.2. The van der Waals surface area contributed by atoms with Crippen molar-refractivity contribution < 1.29 is 61.4 Å². The number of carboxylic acid groups (broad SMARTS) is 1. The number of amides is 1. The number of thiazole rings is 1. The molecule has 0 fully saturated rings. The van der Waals surface area contributed by atoms with Gasteiger partial charge in [0.1, 0.15) is 0 Å². The lowest BCUT2D eigenvalue weighted by Crippen LogP contribution is -2.30. The number of rotatable bonds is 30. The summed E-state index contributed by atoms with van der Waals surface area (Å²) < 4.78 is 67.3. The van der Waals surface area contributed by atoms with E-state index in [9.17, 15) is 18.4 Å². The molecule has 1 rings (SSSR count). The van der Waals surface area contributed by atoms with Gasteiger partial charge in [0.15, 0.2) is 10.9 Å². The predicted octanol–water partition coefficient (Wildman–Crippen LogP) is 0.618. The van der Waals surface area contributed by atoms with Crippen molar-refractivity contribution in [2.45, 2.75) is 20.3 Å². The van der Waals surface area contributed by atoms with Crippen LogP contribution in [0.25, 0.3) is 0 Å². The van der Waals surface area contributed by atoms with Gasteiger partial charge in [-0.05, 0) is 6.92 Å². The van der Waals surface area contributed by atoms with Crippen LogP contribution >= 0.6 is 11.3 Å². The zero-order valence-corrected chi connectivity index (χ0v) is 26.4. The minimum absolute atomic E-state index is 0.0156. The van der Waals surface area contributed by atoms with Gasteiger partial charge in [0, 0.05) is 23.1 Å². The van der Waals surface area contributed by atoms with Crippen LogP contribution in [0.5, 0.6) is 0 Å². The fraction of sp³-hybridized carbons (Fsp3) is 0.800. The van der Waals surface area contributed by atoms with Crippen molar-refractivity contribution in [3.8, 4) is 0 Å². The third-order valence-electron chi connectivity index (χ3n) is 4.97. The number of hydrogen-bond donors (Lipinski definition) is 2. The van der Waals surface area contributed by atoms with Gasteiger partial charge in [-0.2, -0.15) is 0 Å². The van der Waals surface area contributed by atoms with E-state index in [-0.39, 0.29) is 37.9 Å². The van der Waals surface area contributed by atoms with Crippen molar-refractivity contribution in [3.05, 3.63) is 4.88 Å². The highest BCUT2D eigenvalue weighted by Gasteiger charge is 2.16. The van der Waals surface area contributed by atoms with Gasteiger partial charge in [0.25, 0.3) is 0 Å². The average molecular weight is 659 g/mol. The highest BCUT2D eigenvalue weighted by atomic mass is 32.2.